The Hall–Kier alpha value is -0.250. The Bertz CT molecular complexity index is 128. The molecule has 0 heterocycles. The number of hydrogen-bond acceptors (Lipinski definition) is 1. The zero-order chi connectivity index (χ0) is 9.28. The first-order valence-electron chi connectivity index (χ1n) is 3.50. The largest absolute Gasteiger partial charge is 0.394 e. The lowest BCUT2D eigenvalue weighted by atomic mass is 9.79. The Balaban J connectivity index is 4.45. The molecule has 0 aliphatic carbocycles. The van der Waals surface area contributed by atoms with E-state index in [4.69, 9.17) is 5.73 Å². The van der Waals surface area contributed by atoms with Gasteiger partial charge in [0.05, 0.1) is 5.41 Å². The van der Waals surface area contributed by atoms with Crippen molar-refractivity contribution in [3.8, 4) is 0 Å². The van der Waals surface area contributed by atoms with Crippen molar-refractivity contribution in [2.24, 2.45) is 17.1 Å². The summed E-state index contributed by atoms with van der Waals surface area (Å²) in [6.45, 7) is 3.91. The van der Waals surface area contributed by atoms with Crippen molar-refractivity contribution in [3.63, 3.8) is 0 Å². The SMILES string of the molecule is C[C@@H](CN)C(C)(C)C(F)(F)F. The third-order valence-corrected chi connectivity index (χ3v) is 2.32. The fourth-order valence-electron chi connectivity index (χ4n) is 0.574. The predicted octanol–water partition coefficient (Wildman–Crippen LogP) is 2.17. The molecule has 0 fully saturated rings. The summed E-state index contributed by atoms with van der Waals surface area (Å²) in [6.07, 6.45) is -4.16. The minimum atomic E-state index is -4.16. The van der Waals surface area contributed by atoms with Crippen molar-refractivity contribution < 1.29 is 13.2 Å². The molecule has 0 rings (SSSR count). The first-order valence-corrected chi connectivity index (χ1v) is 3.50. The first kappa shape index (κ1) is 10.8. The van der Waals surface area contributed by atoms with Crippen LogP contribution in [-0.2, 0) is 0 Å². The van der Waals surface area contributed by atoms with E-state index in [9.17, 15) is 13.2 Å². The number of hydrogen-bond donors (Lipinski definition) is 1. The van der Waals surface area contributed by atoms with Crippen LogP contribution in [0.5, 0.6) is 0 Å². The molecule has 11 heavy (non-hydrogen) atoms. The second-order valence-corrected chi connectivity index (χ2v) is 3.36. The Morgan fingerprint density at radius 1 is 1.27 bits per heavy atom. The Morgan fingerprint density at radius 2 is 1.64 bits per heavy atom. The minimum absolute atomic E-state index is 0.0620. The zero-order valence-corrected chi connectivity index (χ0v) is 7.00. The maximum Gasteiger partial charge on any atom is 0.394 e. The van der Waals surface area contributed by atoms with Crippen LogP contribution in [0.1, 0.15) is 20.8 Å². The monoisotopic (exact) mass is 169 g/mol. The molecule has 0 amide bonds. The summed E-state index contributed by atoms with van der Waals surface area (Å²) in [6, 6.07) is 0. The van der Waals surface area contributed by atoms with Crippen LogP contribution in [-0.4, -0.2) is 12.7 Å². The molecule has 1 nitrogen and oxygen atoms in total. The second kappa shape index (κ2) is 3.01. The van der Waals surface area contributed by atoms with Crippen LogP contribution in [0.25, 0.3) is 0 Å². The summed E-state index contributed by atoms with van der Waals surface area (Å²) in [5.41, 5.74) is 3.48. The first-order chi connectivity index (χ1) is 4.73. The van der Waals surface area contributed by atoms with Crippen molar-refractivity contribution >= 4 is 0 Å². The van der Waals surface area contributed by atoms with E-state index in [2.05, 4.69) is 0 Å². The summed E-state index contributed by atoms with van der Waals surface area (Å²) < 4.78 is 36.6. The number of nitrogens with two attached hydrogens (primary N) is 1. The molecule has 0 aromatic heterocycles. The van der Waals surface area contributed by atoms with E-state index in [1.165, 1.54) is 20.8 Å². The van der Waals surface area contributed by atoms with Crippen molar-refractivity contribution in [1.29, 1.82) is 0 Å². The van der Waals surface area contributed by atoms with Crippen LogP contribution in [0.3, 0.4) is 0 Å². The molecule has 0 aromatic rings. The van der Waals surface area contributed by atoms with Crippen LogP contribution < -0.4 is 5.73 Å². The summed E-state index contributed by atoms with van der Waals surface area (Å²) in [4.78, 5) is 0. The topological polar surface area (TPSA) is 26.0 Å². The molecule has 0 unspecified atom stereocenters. The number of halogens is 3. The van der Waals surface area contributed by atoms with E-state index < -0.39 is 17.5 Å². The van der Waals surface area contributed by atoms with Crippen molar-refractivity contribution in [1.82, 2.24) is 0 Å². The maximum absolute atomic E-state index is 12.2. The maximum atomic E-state index is 12.2. The highest BCUT2D eigenvalue weighted by atomic mass is 19.4. The summed E-state index contributed by atoms with van der Waals surface area (Å²) >= 11 is 0. The normalized spacial score (nSPS) is 16.6. The summed E-state index contributed by atoms with van der Waals surface area (Å²) in [5, 5.41) is 0. The average Bonchev–Trinajstić information content (AvgIpc) is 1.83. The molecular weight excluding hydrogens is 155 g/mol. The smallest absolute Gasteiger partial charge is 0.330 e. The van der Waals surface area contributed by atoms with Gasteiger partial charge >= 0.3 is 6.18 Å². The van der Waals surface area contributed by atoms with Gasteiger partial charge in [0.15, 0.2) is 0 Å². The molecular formula is C7H14F3N. The summed E-state index contributed by atoms with van der Waals surface area (Å²) in [5.74, 6) is -0.539. The van der Waals surface area contributed by atoms with Gasteiger partial charge in [-0.05, 0) is 12.5 Å². The fraction of sp³-hybridized carbons (Fsp3) is 1.00. The lowest BCUT2D eigenvalue weighted by Crippen LogP contribution is -2.41. The van der Waals surface area contributed by atoms with Gasteiger partial charge in [-0.2, -0.15) is 13.2 Å². The molecule has 68 valence electrons. The lowest BCUT2D eigenvalue weighted by molar-refractivity contribution is -0.226. The molecule has 0 saturated carbocycles. The molecule has 2 N–H and O–H groups in total. The molecule has 0 aliphatic heterocycles. The second-order valence-electron chi connectivity index (χ2n) is 3.36. The van der Waals surface area contributed by atoms with E-state index >= 15 is 0 Å². The molecule has 4 heteroatoms. The molecule has 1 atom stereocenters. The quantitative estimate of drug-likeness (QED) is 0.673. The van der Waals surface area contributed by atoms with Gasteiger partial charge in [0.2, 0.25) is 0 Å². The lowest BCUT2D eigenvalue weighted by Gasteiger charge is -2.32. The highest BCUT2D eigenvalue weighted by molar-refractivity contribution is 4.82. The molecule has 0 radical (unpaired) electrons. The average molecular weight is 169 g/mol. The van der Waals surface area contributed by atoms with Crippen LogP contribution in [0.15, 0.2) is 0 Å². The van der Waals surface area contributed by atoms with Crippen LogP contribution in [0.2, 0.25) is 0 Å². The van der Waals surface area contributed by atoms with Gasteiger partial charge in [0.1, 0.15) is 0 Å². The van der Waals surface area contributed by atoms with E-state index in [0.29, 0.717) is 0 Å². The van der Waals surface area contributed by atoms with Gasteiger partial charge in [-0.1, -0.05) is 20.8 Å². The van der Waals surface area contributed by atoms with Gasteiger partial charge in [-0.15, -0.1) is 0 Å². The zero-order valence-electron chi connectivity index (χ0n) is 7.00. The van der Waals surface area contributed by atoms with Crippen molar-refractivity contribution in [2.75, 3.05) is 6.54 Å². The van der Waals surface area contributed by atoms with Gasteiger partial charge < -0.3 is 5.73 Å². The number of alkyl halides is 3. The summed E-state index contributed by atoms with van der Waals surface area (Å²) in [7, 11) is 0. The van der Waals surface area contributed by atoms with E-state index in [1.807, 2.05) is 0 Å². The molecule has 0 aromatic carbocycles. The van der Waals surface area contributed by atoms with Crippen LogP contribution >= 0.6 is 0 Å². The molecule has 0 saturated heterocycles. The third-order valence-electron chi connectivity index (χ3n) is 2.32. The Kier molecular flexibility index (Phi) is 2.94. The number of rotatable bonds is 2. The van der Waals surface area contributed by atoms with Crippen molar-refractivity contribution in [2.45, 2.75) is 26.9 Å². The standard InChI is InChI=1S/C7H14F3N/c1-5(4-11)6(2,3)7(8,9)10/h5H,4,11H2,1-3H3/t5-/m0/s1. The fourth-order valence-corrected chi connectivity index (χ4v) is 0.574. The highest BCUT2D eigenvalue weighted by Gasteiger charge is 2.49. The van der Waals surface area contributed by atoms with E-state index in [1.54, 1.807) is 0 Å². The van der Waals surface area contributed by atoms with Crippen molar-refractivity contribution in [3.05, 3.63) is 0 Å². The Labute approximate surface area is 64.8 Å². The Morgan fingerprint density at radius 3 is 1.73 bits per heavy atom. The predicted molar refractivity (Wildman–Crippen MR) is 38.1 cm³/mol. The minimum Gasteiger partial charge on any atom is -0.330 e. The molecule has 0 bridgehead atoms. The van der Waals surface area contributed by atoms with E-state index in [0.717, 1.165) is 0 Å². The van der Waals surface area contributed by atoms with E-state index in [-0.39, 0.29) is 6.54 Å². The van der Waals surface area contributed by atoms with Crippen LogP contribution in [0.4, 0.5) is 13.2 Å². The van der Waals surface area contributed by atoms with Gasteiger partial charge in [-0.25, -0.2) is 0 Å². The van der Waals surface area contributed by atoms with Gasteiger partial charge in [-0.3, -0.25) is 0 Å². The molecule has 0 spiro atoms. The third kappa shape index (κ3) is 2.09. The molecule has 0 aliphatic rings. The van der Waals surface area contributed by atoms with Gasteiger partial charge in [0, 0.05) is 0 Å². The highest BCUT2D eigenvalue weighted by Crippen LogP contribution is 2.42. The van der Waals surface area contributed by atoms with Crippen LogP contribution in [0, 0.1) is 11.3 Å². The van der Waals surface area contributed by atoms with Gasteiger partial charge in [0.25, 0.3) is 0 Å².